The molecule has 2 aromatic carbocycles. The molecular formula is C21H29Cl2N3O. The molecule has 0 saturated carbocycles. The van der Waals surface area contributed by atoms with Crippen molar-refractivity contribution >= 4 is 36.4 Å². The van der Waals surface area contributed by atoms with E-state index in [4.69, 9.17) is 5.73 Å². The number of carbonyl (C=O) groups is 1. The number of amides is 1. The first-order valence-corrected chi connectivity index (χ1v) is 9.12. The molecule has 1 aliphatic rings. The average Bonchev–Trinajstić information content (AvgIpc) is 2.64. The number of nitrogens with two attached hydrogens (primary N) is 1. The maximum absolute atomic E-state index is 12.7. The van der Waals surface area contributed by atoms with Gasteiger partial charge in [-0.2, -0.15) is 0 Å². The Bertz CT molecular complexity index is 680. The van der Waals surface area contributed by atoms with Crippen molar-refractivity contribution in [2.75, 3.05) is 18.8 Å². The first-order valence-electron chi connectivity index (χ1n) is 9.12. The summed E-state index contributed by atoms with van der Waals surface area (Å²) in [5.74, 6) is 0.158. The van der Waals surface area contributed by atoms with Gasteiger partial charge in [0.25, 0.3) is 0 Å². The molecule has 2 aromatic rings. The Morgan fingerprint density at radius 2 is 1.70 bits per heavy atom. The topological polar surface area (TPSA) is 58.4 Å². The van der Waals surface area contributed by atoms with E-state index in [-0.39, 0.29) is 36.8 Å². The Hall–Kier alpha value is -1.75. The molecule has 1 saturated heterocycles. The first-order chi connectivity index (χ1) is 12.2. The molecule has 27 heavy (non-hydrogen) atoms. The van der Waals surface area contributed by atoms with Crippen molar-refractivity contribution in [1.82, 2.24) is 10.2 Å². The number of hydrogen-bond donors (Lipinski definition) is 2. The third-order valence-corrected chi connectivity index (χ3v) is 4.84. The summed E-state index contributed by atoms with van der Waals surface area (Å²) in [6.07, 6.45) is 4.07. The molecule has 148 valence electrons. The summed E-state index contributed by atoms with van der Waals surface area (Å²) in [7, 11) is 0. The highest BCUT2D eigenvalue weighted by atomic mass is 35.5. The number of benzene rings is 2. The minimum Gasteiger partial charge on any atom is -0.399 e. The maximum Gasteiger partial charge on any atom is 0.237 e. The van der Waals surface area contributed by atoms with Gasteiger partial charge < -0.3 is 11.1 Å². The zero-order valence-corrected chi connectivity index (χ0v) is 17.1. The van der Waals surface area contributed by atoms with Gasteiger partial charge in [0.1, 0.15) is 0 Å². The summed E-state index contributed by atoms with van der Waals surface area (Å²) < 4.78 is 0. The van der Waals surface area contributed by atoms with E-state index in [1.807, 2.05) is 30.3 Å². The van der Waals surface area contributed by atoms with Crippen LogP contribution in [-0.2, 0) is 17.8 Å². The predicted octanol–water partition coefficient (Wildman–Crippen LogP) is 3.83. The van der Waals surface area contributed by atoms with Crippen LogP contribution in [0.1, 0.15) is 30.4 Å². The second-order valence-electron chi connectivity index (χ2n) is 6.75. The van der Waals surface area contributed by atoms with Gasteiger partial charge in [0.15, 0.2) is 0 Å². The van der Waals surface area contributed by atoms with E-state index in [0.29, 0.717) is 6.54 Å². The minimum absolute atomic E-state index is 0. The summed E-state index contributed by atoms with van der Waals surface area (Å²) in [5, 5.41) is 3.12. The van der Waals surface area contributed by atoms with Crippen molar-refractivity contribution in [3.05, 3.63) is 65.7 Å². The lowest BCUT2D eigenvalue weighted by molar-refractivity contribution is -0.127. The fourth-order valence-corrected chi connectivity index (χ4v) is 3.43. The Morgan fingerprint density at radius 1 is 1.00 bits per heavy atom. The number of piperidine rings is 1. The number of likely N-dealkylation sites (tertiary alicyclic amines) is 1. The largest absolute Gasteiger partial charge is 0.399 e. The molecule has 1 aliphatic heterocycles. The third-order valence-electron chi connectivity index (χ3n) is 4.84. The number of anilines is 1. The molecule has 0 aliphatic carbocycles. The zero-order chi connectivity index (χ0) is 17.5. The van der Waals surface area contributed by atoms with Gasteiger partial charge in [-0.3, -0.25) is 9.69 Å². The fourth-order valence-electron chi connectivity index (χ4n) is 3.43. The van der Waals surface area contributed by atoms with Gasteiger partial charge in [0.05, 0.1) is 6.04 Å². The van der Waals surface area contributed by atoms with E-state index < -0.39 is 0 Å². The zero-order valence-electron chi connectivity index (χ0n) is 15.5. The summed E-state index contributed by atoms with van der Waals surface area (Å²) in [6.45, 7) is 2.50. The fraction of sp³-hybridized carbons (Fsp3) is 0.381. The van der Waals surface area contributed by atoms with Crippen molar-refractivity contribution in [3.8, 4) is 0 Å². The lowest BCUT2D eigenvalue weighted by Crippen LogP contribution is -2.49. The summed E-state index contributed by atoms with van der Waals surface area (Å²) in [6, 6.07) is 18.2. The van der Waals surface area contributed by atoms with Crippen LogP contribution in [0.25, 0.3) is 0 Å². The molecule has 1 atom stereocenters. The predicted molar refractivity (Wildman–Crippen MR) is 117 cm³/mol. The molecule has 1 fully saturated rings. The second kappa shape index (κ2) is 11.9. The van der Waals surface area contributed by atoms with Crippen molar-refractivity contribution < 1.29 is 4.79 Å². The highest BCUT2D eigenvalue weighted by Gasteiger charge is 2.28. The standard InChI is InChI=1S/C21H27N3O.2ClH/c22-19-11-9-17(10-12-19)13-14-23-21(25)20-8-4-5-15-24(20)16-18-6-2-1-3-7-18;;/h1-3,6-7,9-12,20H,4-5,8,13-16,22H2,(H,23,25);2*1H. The summed E-state index contributed by atoms with van der Waals surface area (Å²) >= 11 is 0. The van der Waals surface area contributed by atoms with Crippen LogP contribution < -0.4 is 11.1 Å². The molecule has 6 heteroatoms. The molecule has 0 spiro atoms. The van der Waals surface area contributed by atoms with Gasteiger partial charge in [0, 0.05) is 18.8 Å². The highest BCUT2D eigenvalue weighted by Crippen LogP contribution is 2.20. The van der Waals surface area contributed by atoms with Crippen molar-refractivity contribution in [1.29, 1.82) is 0 Å². The molecule has 3 N–H and O–H groups in total. The SMILES string of the molecule is Cl.Cl.Nc1ccc(CCNC(=O)C2CCCCN2Cc2ccccc2)cc1. The molecular weight excluding hydrogens is 381 g/mol. The van der Waals surface area contributed by atoms with Gasteiger partial charge >= 0.3 is 0 Å². The quantitative estimate of drug-likeness (QED) is 0.712. The van der Waals surface area contributed by atoms with Gasteiger partial charge in [-0.05, 0) is 49.1 Å². The van der Waals surface area contributed by atoms with Crippen molar-refractivity contribution in [2.24, 2.45) is 0 Å². The number of halogens is 2. The van der Waals surface area contributed by atoms with Gasteiger partial charge in [-0.1, -0.05) is 48.9 Å². The minimum atomic E-state index is -0.0135. The Balaban J connectivity index is 0.00000182. The molecule has 4 nitrogen and oxygen atoms in total. The Labute approximate surface area is 174 Å². The van der Waals surface area contributed by atoms with Crippen LogP contribution in [0.5, 0.6) is 0 Å². The molecule has 0 radical (unpaired) electrons. The highest BCUT2D eigenvalue weighted by molar-refractivity contribution is 5.85. The van der Waals surface area contributed by atoms with Crippen LogP contribution in [0.2, 0.25) is 0 Å². The summed E-state index contributed by atoms with van der Waals surface area (Å²) in [4.78, 5) is 15.0. The first kappa shape index (κ1) is 23.3. The third kappa shape index (κ3) is 7.06. The smallest absolute Gasteiger partial charge is 0.237 e. The van der Waals surface area contributed by atoms with E-state index in [2.05, 4.69) is 34.5 Å². The number of nitrogen functional groups attached to an aromatic ring is 1. The van der Waals surface area contributed by atoms with E-state index in [0.717, 1.165) is 38.0 Å². The molecule has 0 bridgehead atoms. The van der Waals surface area contributed by atoms with Crippen LogP contribution in [0, 0.1) is 0 Å². The summed E-state index contributed by atoms with van der Waals surface area (Å²) in [5.41, 5.74) is 8.94. The van der Waals surface area contributed by atoms with Crippen molar-refractivity contribution in [2.45, 2.75) is 38.3 Å². The number of carbonyl (C=O) groups excluding carboxylic acids is 1. The van der Waals surface area contributed by atoms with Crippen LogP contribution in [0.15, 0.2) is 54.6 Å². The van der Waals surface area contributed by atoms with Gasteiger partial charge in [-0.25, -0.2) is 0 Å². The number of hydrogen-bond acceptors (Lipinski definition) is 3. The van der Waals surface area contributed by atoms with Gasteiger partial charge in [0.2, 0.25) is 5.91 Å². The molecule has 3 rings (SSSR count). The van der Waals surface area contributed by atoms with E-state index in [1.165, 1.54) is 17.5 Å². The average molecular weight is 410 g/mol. The Kier molecular flexibility index (Phi) is 10.2. The van der Waals surface area contributed by atoms with Crippen LogP contribution in [0.3, 0.4) is 0 Å². The van der Waals surface area contributed by atoms with E-state index >= 15 is 0 Å². The van der Waals surface area contributed by atoms with Crippen molar-refractivity contribution in [3.63, 3.8) is 0 Å². The van der Waals surface area contributed by atoms with E-state index in [9.17, 15) is 4.79 Å². The van der Waals surface area contributed by atoms with E-state index in [1.54, 1.807) is 0 Å². The Morgan fingerprint density at radius 3 is 2.41 bits per heavy atom. The monoisotopic (exact) mass is 409 g/mol. The second-order valence-corrected chi connectivity index (χ2v) is 6.75. The molecule has 1 amide bonds. The lowest BCUT2D eigenvalue weighted by Gasteiger charge is -2.34. The number of nitrogens with zero attached hydrogens (tertiary/aromatic N) is 1. The number of nitrogens with one attached hydrogen (secondary N) is 1. The molecule has 0 aromatic heterocycles. The normalized spacial score (nSPS) is 16.7. The maximum atomic E-state index is 12.7. The number of rotatable bonds is 6. The van der Waals surface area contributed by atoms with Crippen LogP contribution in [-0.4, -0.2) is 29.9 Å². The van der Waals surface area contributed by atoms with Gasteiger partial charge in [-0.15, -0.1) is 24.8 Å². The molecule has 1 heterocycles. The molecule has 1 unspecified atom stereocenters. The lowest BCUT2D eigenvalue weighted by atomic mass is 10.00. The van der Waals surface area contributed by atoms with Crippen LogP contribution in [0.4, 0.5) is 5.69 Å². The van der Waals surface area contributed by atoms with Crippen LogP contribution >= 0.6 is 24.8 Å².